The quantitative estimate of drug-likeness (QED) is 0.218. The second-order valence-corrected chi connectivity index (χ2v) is 7.10. The molecule has 0 unspecified atom stereocenters. The van der Waals surface area contributed by atoms with E-state index in [2.05, 4.69) is 28.2 Å². The van der Waals surface area contributed by atoms with E-state index in [0.29, 0.717) is 0 Å². The van der Waals surface area contributed by atoms with Crippen LogP contribution >= 0.6 is 0 Å². The predicted molar refractivity (Wildman–Crippen MR) is 122 cm³/mol. The average Bonchev–Trinajstić information content (AvgIpc) is 3.41. The Labute approximate surface area is 199 Å². The number of hydrogen-bond acceptors (Lipinski definition) is 3. The number of aromatic nitrogens is 3. The fourth-order valence-corrected chi connectivity index (χ4v) is 3.38. The molecule has 159 valence electrons. The van der Waals surface area contributed by atoms with E-state index in [0.717, 1.165) is 39.5 Å². The zero-order chi connectivity index (χ0) is 21.0. The first kappa shape index (κ1) is 21.7. The Kier molecular flexibility index (Phi) is 6.60. The average molecular weight is 594 g/mol. The molecule has 5 heteroatoms. The van der Waals surface area contributed by atoms with Crippen LogP contribution in [0.2, 0.25) is 0 Å². The molecule has 0 aliphatic rings. The number of rotatable bonds is 2. The standard InChI is InChI=1S/C15H9N2O.C12H10N.Ir/c1-2-6-11(7-3-1)15-16-10-14-17(15)12-8-4-5-9-13(12)18-14;1-10-7-8-12(13-9-10)11-5-3-2-4-6-11;/h1-6,8-10H;2-5,7-9H,1H3;/q2*-1;. The van der Waals surface area contributed by atoms with Crippen molar-refractivity contribution in [3.63, 3.8) is 0 Å². The van der Waals surface area contributed by atoms with Crippen LogP contribution < -0.4 is 0 Å². The molecular weight excluding hydrogens is 575 g/mol. The number of aryl methyl sites for hydroxylation is 1. The Bertz CT molecular complexity index is 1420. The van der Waals surface area contributed by atoms with E-state index in [1.165, 1.54) is 5.56 Å². The van der Waals surface area contributed by atoms with Crippen molar-refractivity contribution < 1.29 is 24.5 Å². The smallest absolute Gasteiger partial charge is 0.215 e. The molecule has 3 aromatic heterocycles. The minimum absolute atomic E-state index is 0. The van der Waals surface area contributed by atoms with Crippen molar-refractivity contribution in [1.82, 2.24) is 14.4 Å². The summed E-state index contributed by atoms with van der Waals surface area (Å²) in [7, 11) is 0. The van der Waals surface area contributed by atoms with E-state index in [4.69, 9.17) is 4.42 Å². The van der Waals surface area contributed by atoms with Crippen LogP contribution in [0.3, 0.4) is 0 Å². The number of benzene rings is 3. The molecule has 0 saturated heterocycles. The molecule has 0 N–H and O–H groups in total. The van der Waals surface area contributed by atoms with E-state index in [9.17, 15) is 0 Å². The van der Waals surface area contributed by atoms with E-state index in [-0.39, 0.29) is 20.1 Å². The fourth-order valence-electron chi connectivity index (χ4n) is 3.38. The largest absolute Gasteiger partial charge is 0.437 e. The van der Waals surface area contributed by atoms with E-state index in [1.54, 1.807) is 6.20 Å². The molecule has 6 rings (SSSR count). The maximum absolute atomic E-state index is 5.74. The Morgan fingerprint density at radius 2 is 1.47 bits per heavy atom. The van der Waals surface area contributed by atoms with Crippen molar-refractivity contribution in [2.45, 2.75) is 6.92 Å². The molecule has 0 saturated carbocycles. The first-order valence-electron chi connectivity index (χ1n) is 10.0. The molecule has 0 bridgehead atoms. The summed E-state index contributed by atoms with van der Waals surface area (Å²) in [6.45, 7) is 2.03. The second-order valence-electron chi connectivity index (χ2n) is 7.10. The third-order valence-electron chi connectivity index (χ3n) is 4.90. The van der Waals surface area contributed by atoms with Gasteiger partial charge in [-0.25, -0.2) is 0 Å². The van der Waals surface area contributed by atoms with Crippen LogP contribution in [0.25, 0.3) is 39.5 Å². The molecule has 0 aliphatic carbocycles. The van der Waals surface area contributed by atoms with Crippen LogP contribution in [-0.4, -0.2) is 14.4 Å². The molecule has 3 aromatic carbocycles. The molecule has 0 fully saturated rings. The van der Waals surface area contributed by atoms with Gasteiger partial charge in [-0.05, 0) is 30.3 Å². The molecule has 0 aliphatic heterocycles. The van der Waals surface area contributed by atoms with Crippen LogP contribution in [0, 0.1) is 19.1 Å². The van der Waals surface area contributed by atoms with E-state index < -0.39 is 0 Å². The normalized spacial score (nSPS) is 10.4. The van der Waals surface area contributed by atoms with Crippen LogP contribution in [0.4, 0.5) is 0 Å². The zero-order valence-corrected chi connectivity index (χ0v) is 19.7. The van der Waals surface area contributed by atoms with Gasteiger partial charge in [0, 0.05) is 26.3 Å². The summed E-state index contributed by atoms with van der Waals surface area (Å²) < 4.78 is 7.76. The van der Waals surface area contributed by atoms with Gasteiger partial charge < -0.3 is 13.8 Å². The van der Waals surface area contributed by atoms with E-state index in [1.807, 2.05) is 96.4 Å². The Morgan fingerprint density at radius 1 is 0.750 bits per heavy atom. The van der Waals surface area contributed by atoms with Gasteiger partial charge in [0.2, 0.25) is 5.71 Å². The van der Waals surface area contributed by atoms with Crippen LogP contribution in [0.5, 0.6) is 0 Å². The maximum atomic E-state index is 5.74. The van der Waals surface area contributed by atoms with Crippen LogP contribution in [-0.2, 0) is 20.1 Å². The topological polar surface area (TPSA) is 43.3 Å². The first-order chi connectivity index (χ1) is 15.3. The van der Waals surface area contributed by atoms with Gasteiger partial charge in [-0.1, -0.05) is 24.3 Å². The van der Waals surface area contributed by atoms with Crippen LogP contribution in [0.15, 0.2) is 102 Å². The van der Waals surface area contributed by atoms with Crippen molar-refractivity contribution in [2.75, 3.05) is 0 Å². The zero-order valence-electron chi connectivity index (χ0n) is 17.3. The molecule has 3 heterocycles. The summed E-state index contributed by atoms with van der Waals surface area (Å²) >= 11 is 0. The van der Waals surface area contributed by atoms with Crippen molar-refractivity contribution in [3.05, 3.63) is 115 Å². The minimum atomic E-state index is 0. The SMILES string of the molecule is Cc1ccc(-c2[c-]cccc2)nc1.[Ir].[c-]1ccccc1-c1ncc2oc3ccccc3n12. The van der Waals surface area contributed by atoms with Gasteiger partial charge in [0.05, 0.1) is 17.5 Å². The summed E-state index contributed by atoms with van der Waals surface area (Å²) in [5, 5.41) is 0. The van der Waals surface area contributed by atoms with Gasteiger partial charge >= 0.3 is 0 Å². The third kappa shape index (κ3) is 4.40. The minimum Gasteiger partial charge on any atom is -0.437 e. The number of nitrogens with zero attached hydrogens (tertiary/aromatic N) is 3. The van der Waals surface area contributed by atoms with Crippen molar-refractivity contribution in [1.29, 1.82) is 0 Å². The van der Waals surface area contributed by atoms with Gasteiger partial charge in [-0.2, -0.15) is 0 Å². The maximum Gasteiger partial charge on any atom is 0.215 e. The molecule has 32 heavy (non-hydrogen) atoms. The van der Waals surface area contributed by atoms with Gasteiger partial charge in [0.1, 0.15) is 0 Å². The summed E-state index contributed by atoms with van der Waals surface area (Å²) in [6, 6.07) is 34.0. The number of hydrogen-bond donors (Lipinski definition) is 0. The van der Waals surface area contributed by atoms with Gasteiger partial charge in [0.25, 0.3) is 0 Å². The van der Waals surface area contributed by atoms with Crippen molar-refractivity contribution in [3.8, 4) is 22.6 Å². The second kappa shape index (κ2) is 9.73. The summed E-state index contributed by atoms with van der Waals surface area (Å²) in [4.78, 5) is 8.73. The third-order valence-corrected chi connectivity index (χ3v) is 4.90. The molecule has 6 aromatic rings. The molecule has 0 atom stereocenters. The number of imidazole rings is 1. The number of para-hydroxylation sites is 2. The molecule has 1 radical (unpaired) electrons. The number of fused-ring (bicyclic) bond motifs is 3. The molecular formula is C27H19IrN3O-2. The summed E-state index contributed by atoms with van der Waals surface area (Å²) in [5.41, 5.74) is 6.81. The summed E-state index contributed by atoms with van der Waals surface area (Å²) in [5.74, 6) is 0.857. The van der Waals surface area contributed by atoms with E-state index >= 15 is 0 Å². The van der Waals surface area contributed by atoms with Gasteiger partial charge in [-0.3, -0.25) is 4.98 Å². The van der Waals surface area contributed by atoms with Crippen molar-refractivity contribution >= 4 is 16.8 Å². The predicted octanol–water partition coefficient (Wildman–Crippen LogP) is 6.40. The number of oxazole rings is 1. The van der Waals surface area contributed by atoms with Gasteiger partial charge in [-0.15, -0.1) is 71.8 Å². The monoisotopic (exact) mass is 594 g/mol. The summed E-state index contributed by atoms with van der Waals surface area (Å²) in [6.07, 6.45) is 3.62. The Balaban J connectivity index is 0.000000157. The molecule has 4 nitrogen and oxygen atoms in total. The number of pyridine rings is 1. The molecule has 0 amide bonds. The van der Waals surface area contributed by atoms with Crippen molar-refractivity contribution in [2.24, 2.45) is 0 Å². The Morgan fingerprint density at radius 3 is 2.16 bits per heavy atom. The first-order valence-corrected chi connectivity index (χ1v) is 10.0. The molecule has 0 spiro atoms. The fraction of sp³-hybridized carbons (Fsp3) is 0.0370. The van der Waals surface area contributed by atoms with Gasteiger partial charge in [0.15, 0.2) is 5.58 Å². The van der Waals surface area contributed by atoms with Crippen LogP contribution in [0.1, 0.15) is 5.56 Å². The Hall–Kier alpha value is -3.53.